The van der Waals surface area contributed by atoms with Gasteiger partial charge in [-0.2, -0.15) is 0 Å². The Morgan fingerprint density at radius 1 is 1.17 bits per heavy atom. The molecule has 96 valence electrons. The normalized spacial score (nSPS) is 9.89. The van der Waals surface area contributed by atoms with E-state index in [9.17, 15) is 14.4 Å². The molecule has 0 aromatic heterocycles. The number of carboxylic acids is 2. The largest absolute Gasteiger partial charge is 0.478 e. The second-order valence-corrected chi connectivity index (χ2v) is 3.66. The molecule has 0 atom stereocenters. The first-order chi connectivity index (χ1) is 8.34. The molecular formula is C12H12O6. The van der Waals surface area contributed by atoms with Crippen molar-refractivity contribution in [3.8, 4) is 0 Å². The molecule has 0 saturated heterocycles. The van der Waals surface area contributed by atoms with Gasteiger partial charge in [0.1, 0.15) is 6.61 Å². The van der Waals surface area contributed by atoms with Gasteiger partial charge in [-0.3, -0.25) is 4.79 Å². The number of carbonyl (C=O) groups excluding carboxylic acids is 1. The molecule has 1 aromatic carbocycles. The maximum Gasteiger partial charge on any atom is 0.336 e. The number of rotatable bonds is 4. The molecule has 0 unspecified atom stereocenters. The van der Waals surface area contributed by atoms with Crippen molar-refractivity contribution >= 4 is 17.9 Å². The lowest BCUT2D eigenvalue weighted by Crippen LogP contribution is -2.12. The second-order valence-electron chi connectivity index (χ2n) is 3.66. The van der Waals surface area contributed by atoms with Gasteiger partial charge < -0.3 is 14.9 Å². The molecule has 6 nitrogen and oxygen atoms in total. The first kappa shape index (κ1) is 13.7. The highest BCUT2D eigenvalue weighted by Gasteiger charge is 2.20. The summed E-state index contributed by atoms with van der Waals surface area (Å²) in [6.07, 6.45) is 0. The van der Waals surface area contributed by atoms with Gasteiger partial charge in [-0.25, -0.2) is 9.59 Å². The molecule has 1 rings (SSSR count). The van der Waals surface area contributed by atoms with E-state index in [1.54, 1.807) is 0 Å². The van der Waals surface area contributed by atoms with Crippen molar-refractivity contribution in [2.75, 3.05) is 0 Å². The van der Waals surface area contributed by atoms with Crippen LogP contribution in [0.25, 0.3) is 0 Å². The molecule has 0 saturated carbocycles. The van der Waals surface area contributed by atoms with Gasteiger partial charge in [0.25, 0.3) is 0 Å². The van der Waals surface area contributed by atoms with Gasteiger partial charge >= 0.3 is 17.9 Å². The van der Waals surface area contributed by atoms with E-state index >= 15 is 0 Å². The SMILES string of the molecule is CC(=O)OCc1ccc(C(=O)O)c(C(=O)O)c1C. The van der Waals surface area contributed by atoms with Gasteiger partial charge in [-0.1, -0.05) is 6.07 Å². The number of carboxylic acid groups (broad SMARTS) is 2. The highest BCUT2D eigenvalue weighted by Crippen LogP contribution is 2.20. The number of aromatic carboxylic acids is 2. The highest BCUT2D eigenvalue weighted by molar-refractivity contribution is 6.03. The Kier molecular flexibility index (Phi) is 4.04. The number of esters is 1. The summed E-state index contributed by atoms with van der Waals surface area (Å²) in [6.45, 7) is 2.63. The van der Waals surface area contributed by atoms with Crippen molar-refractivity contribution in [2.24, 2.45) is 0 Å². The molecule has 2 N–H and O–H groups in total. The lowest BCUT2D eigenvalue weighted by molar-refractivity contribution is -0.142. The summed E-state index contributed by atoms with van der Waals surface area (Å²) in [5.74, 6) is -3.13. The molecule has 1 aromatic rings. The highest BCUT2D eigenvalue weighted by atomic mass is 16.5. The zero-order chi connectivity index (χ0) is 13.9. The topological polar surface area (TPSA) is 101 Å². The summed E-state index contributed by atoms with van der Waals surface area (Å²) in [5.41, 5.74) is 0.176. The monoisotopic (exact) mass is 252 g/mol. The minimum atomic E-state index is -1.32. The van der Waals surface area contributed by atoms with Gasteiger partial charge in [0.2, 0.25) is 0 Å². The fraction of sp³-hybridized carbons (Fsp3) is 0.250. The maximum atomic E-state index is 11.1. The van der Waals surface area contributed by atoms with Crippen LogP contribution >= 0.6 is 0 Å². The third kappa shape index (κ3) is 2.85. The van der Waals surface area contributed by atoms with Crippen molar-refractivity contribution in [1.29, 1.82) is 0 Å². The van der Waals surface area contributed by atoms with Crippen LogP contribution in [0.1, 0.15) is 38.8 Å². The lowest BCUT2D eigenvalue weighted by atomic mass is 9.97. The van der Waals surface area contributed by atoms with Gasteiger partial charge in [0, 0.05) is 6.92 Å². The van der Waals surface area contributed by atoms with Crippen LogP contribution in [0.5, 0.6) is 0 Å². The van der Waals surface area contributed by atoms with Gasteiger partial charge in [-0.15, -0.1) is 0 Å². The van der Waals surface area contributed by atoms with E-state index in [1.165, 1.54) is 26.0 Å². The summed E-state index contributed by atoms with van der Waals surface area (Å²) >= 11 is 0. The fourth-order valence-electron chi connectivity index (χ4n) is 1.54. The van der Waals surface area contributed by atoms with E-state index in [-0.39, 0.29) is 23.3 Å². The van der Waals surface area contributed by atoms with Gasteiger partial charge in [0.05, 0.1) is 11.1 Å². The lowest BCUT2D eigenvalue weighted by Gasteiger charge is -2.11. The Labute approximate surface area is 103 Å². The Bertz CT molecular complexity index is 518. The third-order valence-corrected chi connectivity index (χ3v) is 2.45. The van der Waals surface area contributed by atoms with Gasteiger partial charge in [0.15, 0.2) is 0 Å². The van der Waals surface area contributed by atoms with Crippen LogP contribution in [0.2, 0.25) is 0 Å². The average Bonchev–Trinajstić information content (AvgIpc) is 2.25. The fourth-order valence-corrected chi connectivity index (χ4v) is 1.54. The Morgan fingerprint density at radius 3 is 2.22 bits per heavy atom. The van der Waals surface area contributed by atoms with E-state index in [4.69, 9.17) is 14.9 Å². The van der Waals surface area contributed by atoms with E-state index in [2.05, 4.69) is 0 Å². The smallest absolute Gasteiger partial charge is 0.336 e. The van der Waals surface area contributed by atoms with Crippen molar-refractivity contribution < 1.29 is 29.3 Å². The number of carbonyl (C=O) groups is 3. The number of hydrogen-bond donors (Lipinski definition) is 2. The summed E-state index contributed by atoms with van der Waals surface area (Å²) in [4.78, 5) is 32.7. The molecule has 6 heteroatoms. The Hall–Kier alpha value is -2.37. The van der Waals surface area contributed by atoms with Crippen molar-refractivity contribution in [2.45, 2.75) is 20.5 Å². The molecule has 0 amide bonds. The van der Waals surface area contributed by atoms with E-state index < -0.39 is 17.9 Å². The van der Waals surface area contributed by atoms with Gasteiger partial charge in [-0.05, 0) is 24.1 Å². The Balaban J connectivity index is 3.26. The summed E-state index contributed by atoms with van der Waals surface area (Å²) in [7, 11) is 0. The first-order valence-electron chi connectivity index (χ1n) is 5.07. The molecule has 18 heavy (non-hydrogen) atoms. The molecule has 0 bridgehead atoms. The molecule has 0 aliphatic carbocycles. The van der Waals surface area contributed by atoms with Crippen LogP contribution in [0.3, 0.4) is 0 Å². The predicted molar refractivity (Wildman–Crippen MR) is 60.6 cm³/mol. The van der Waals surface area contributed by atoms with E-state index in [0.29, 0.717) is 5.56 Å². The molecule has 0 spiro atoms. The molecule has 0 aliphatic heterocycles. The second kappa shape index (κ2) is 5.31. The predicted octanol–water partition coefficient (Wildman–Crippen LogP) is 1.45. The van der Waals surface area contributed by atoms with E-state index in [1.807, 2.05) is 0 Å². The van der Waals surface area contributed by atoms with Crippen molar-refractivity contribution in [1.82, 2.24) is 0 Å². The Morgan fingerprint density at radius 2 is 1.78 bits per heavy atom. The molecular weight excluding hydrogens is 240 g/mol. The minimum absolute atomic E-state index is 0.0820. The zero-order valence-corrected chi connectivity index (χ0v) is 9.89. The van der Waals surface area contributed by atoms with Crippen LogP contribution in [0, 0.1) is 6.92 Å². The zero-order valence-electron chi connectivity index (χ0n) is 9.89. The van der Waals surface area contributed by atoms with Crippen LogP contribution in [0.15, 0.2) is 12.1 Å². The van der Waals surface area contributed by atoms with Crippen LogP contribution in [-0.2, 0) is 16.1 Å². The van der Waals surface area contributed by atoms with Crippen LogP contribution in [-0.4, -0.2) is 28.1 Å². The summed E-state index contributed by atoms with van der Waals surface area (Å²) < 4.78 is 4.76. The maximum absolute atomic E-state index is 11.1. The number of ether oxygens (including phenoxy) is 1. The quantitative estimate of drug-likeness (QED) is 0.786. The third-order valence-electron chi connectivity index (χ3n) is 2.45. The van der Waals surface area contributed by atoms with Crippen molar-refractivity contribution in [3.63, 3.8) is 0 Å². The molecule has 0 heterocycles. The number of hydrogen-bond acceptors (Lipinski definition) is 4. The van der Waals surface area contributed by atoms with E-state index in [0.717, 1.165) is 0 Å². The first-order valence-corrected chi connectivity index (χ1v) is 5.07. The average molecular weight is 252 g/mol. The van der Waals surface area contributed by atoms with Crippen molar-refractivity contribution in [3.05, 3.63) is 34.4 Å². The standard InChI is InChI=1S/C12H12O6/c1-6-8(5-18-7(2)13)3-4-9(11(14)15)10(6)12(16)17/h3-4H,5H2,1-2H3,(H,14,15)(H,16,17). The molecule has 0 aliphatic rings. The minimum Gasteiger partial charge on any atom is -0.478 e. The van der Waals surface area contributed by atoms with Crippen LogP contribution in [0.4, 0.5) is 0 Å². The molecule has 0 fully saturated rings. The molecule has 0 radical (unpaired) electrons. The summed E-state index contributed by atoms with van der Waals surface area (Å²) in [6, 6.07) is 2.63. The van der Waals surface area contributed by atoms with Crippen LogP contribution < -0.4 is 0 Å². The summed E-state index contributed by atoms with van der Waals surface area (Å²) in [5, 5.41) is 17.9. The number of benzene rings is 1.